The van der Waals surface area contributed by atoms with Gasteiger partial charge >= 0.3 is 5.97 Å². The number of benzene rings is 2. The summed E-state index contributed by atoms with van der Waals surface area (Å²) in [6.45, 7) is 0.414. The molecule has 39 heavy (non-hydrogen) atoms. The molecule has 0 atom stereocenters. The Balaban J connectivity index is 1.11. The number of hydrogen-bond donors (Lipinski definition) is 1. The van der Waals surface area contributed by atoms with Crippen molar-refractivity contribution >= 4 is 40.1 Å². The molecule has 4 aromatic rings. The van der Waals surface area contributed by atoms with E-state index in [-0.39, 0.29) is 16.6 Å². The number of carboxylic acids is 1. The lowest BCUT2D eigenvalue weighted by molar-refractivity contribution is -0.128. The van der Waals surface area contributed by atoms with Gasteiger partial charge in [-0.3, -0.25) is 0 Å². The van der Waals surface area contributed by atoms with E-state index >= 15 is 0 Å². The molecule has 7 nitrogen and oxygen atoms in total. The highest BCUT2D eigenvalue weighted by Crippen LogP contribution is 2.55. The first kappa shape index (κ1) is 25.0. The van der Waals surface area contributed by atoms with Crippen LogP contribution >= 0.6 is 23.2 Å². The lowest BCUT2D eigenvalue weighted by Crippen LogP contribution is -2.50. The summed E-state index contributed by atoms with van der Waals surface area (Å²) < 4.78 is 12.6. The number of nitrogens with zero attached hydrogens (tertiary/aromatic N) is 3. The first-order chi connectivity index (χ1) is 18.9. The third-order valence-electron chi connectivity index (χ3n) is 8.97. The van der Waals surface area contributed by atoms with Crippen molar-refractivity contribution < 1.29 is 19.2 Å². The van der Waals surface area contributed by atoms with Gasteiger partial charge in [0.05, 0.1) is 33.3 Å². The van der Waals surface area contributed by atoms with Crippen LogP contribution in [0.2, 0.25) is 10.0 Å². The molecule has 0 saturated heterocycles. The van der Waals surface area contributed by atoms with Crippen molar-refractivity contribution in [2.24, 2.45) is 0 Å². The van der Waals surface area contributed by atoms with Crippen molar-refractivity contribution in [2.75, 3.05) is 0 Å². The van der Waals surface area contributed by atoms with Crippen LogP contribution in [0, 0.1) is 0 Å². The van der Waals surface area contributed by atoms with E-state index in [2.05, 4.69) is 5.16 Å². The van der Waals surface area contributed by atoms with E-state index in [9.17, 15) is 9.90 Å². The fourth-order valence-electron chi connectivity index (χ4n) is 6.40. The van der Waals surface area contributed by atoms with Crippen LogP contribution in [0.25, 0.3) is 22.2 Å². The molecule has 2 bridgehead atoms. The monoisotopic (exact) mass is 563 g/mol. The van der Waals surface area contributed by atoms with Crippen LogP contribution in [-0.4, -0.2) is 31.8 Å². The predicted molar refractivity (Wildman–Crippen MR) is 147 cm³/mol. The van der Waals surface area contributed by atoms with Crippen molar-refractivity contribution in [1.82, 2.24) is 15.1 Å². The number of aromatic carboxylic acids is 1. The van der Waals surface area contributed by atoms with Crippen LogP contribution in [0.3, 0.4) is 0 Å². The highest BCUT2D eigenvalue weighted by Gasteiger charge is 2.52. The van der Waals surface area contributed by atoms with E-state index < -0.39 is 5.97 Å². The molecule has 2 aromatic heterocycles. The minimum atomic E-state index is -0.951. The Morgan fingerprint density at radius 3 is 2.44 bits per heavy atom. The number of fused-ring (bicyclic) bond motifs is 4. The Hall–Kier alpha value is -3.00. The molecule has 0 unspecified atom stereocenters. The predicted octanol–water partition coefficient (Wildman–Crippen LogP) is 7.73. The van der Waals surface area contributed by atoms with Crippen molar-refractivity contribution in [3.05, 3.63) is 75.4 Å². The summed E-state index contributed by atoms with van der Waals surface area (Å²) in [6.07, 6.45) is 9.59. The first-order valence-electron chi connectivity index (χ1n) is 13.4. The van der Waals surface area contributed by atoms with E-state index in [1.165, 1.54) is 0 Å². The molecule has 4 aliphatic rings. The van der Waals surface area contributed by atoms with Gasteiger partial charge < -0.3 is 14.4 Å². The van der Waals surface area contributed by atoms with E-state index in [1.807, 2.05) is 18.2 Å². The average molecular weight is 564 g/mol. The second-order valence-corrected chi connectivity index (χ2v) is 12.1. The summed E-state index contributed by atoms with van der Waals surface area (Å²) in [5.74, 6) is 1.18. The standard InChI is InChI=1S/C30H27Cl2N3O4/c31-21-2-1-3-22(32)24(21)25-20(26(39-35-25)17-4-5-17)16-38-30-11-8-29(9-12-30,10-13-30)28-33-15-19-14-18(27(36)37)6-7-23(19)34-28/h1-3,6-7,14-15,17H,4-5,8-13,16H2,(H,36,37). The minimum absolute atomic E-state index is 0.0720. The van der Waals surface area contributed by atoms with Crippen LogP contribution in [0.5, 0.6) is 0 Å². The zero-order chi connectivity index (χ0) is 26.8. The average Bonchev–Trinajstić information content (AvgIpc) is 3.72. The maximum atomic E-state index is 11.3. The largest absolute Gasteiger partial charge is 0.478 e. The smallest absolute Gasteiger partial charge is 0.335 e. The van der Waals surface area contributed by atoms with Crippen LogP contribution in [0.1, 0.15) is 84.8 Å². The van der Waals surface area contributed by atoms with Gasteiger partial charge in [-0.05, 0) is 81.7 Å². The van der Waals surface area contributed by atoms with E-state index in [1.54, 1.807) is 24.4 Å². The molecule has 1 N–H and O–H groups in total. The number of aromatic nitrogens is 3. The molecule has 4 aliphatic carbocycles. The Kier molecular flexibility index (Phi) is 5.95. The summed E-state index contributed by atoms with van der Waals surface area (Å²) in [7, 11) is 0. The number of carbonyl (C=O) groups is 1. The van der Waals surface area contributed by atoms with Gasteiger partial charge in [0.25, 0.3) is 0 Å². The summed E-state index contributed by atoms with van der Waals surface area (Å²) in [5, 5.41) is 15.5. The Morgan fingerprint density at radius 1 is 1.05 bits per heavy atom. The lowest BCUT2D eigenvalue weighted by Gasteiger charge is -2.52. The highest BCUT2D eigenvalue weighted by molar-refractivity contribution is 6.39. The maximum absolute atomic E-state index is 11.3. The molecule has 0 spiro atoms. The number of ether oxygens (including phenoxy) is 1. The van der Waals surface area contributed by atoms with Gasteiger partial charge in [-0.2, -0.15) is 0 Å². The molecule has 9 heteroatoms. The molecule has 4 saturated carbocycles. The molecule has 2 heterocycles. The fraction of sp³-hybridized carbons (Fsp3) is 0.400. The maximum Gasteiger partial charge on any atom is 0.335 e. The summed E-state index contributed by atoms with van der Waals surface area (Å²) in [6, 6.07) is 10.5. The van der Waals surface area contributed by atoms with Crippen LogP contribution in [-0.2, 0) is 16.8 Å². The van der Waals surface area contributed by atoms with Gasteiger partial charge in [-0.15, -0.1) is 0 Å². The summed E-state index contributed by atoms with van der Waals surface area (Å²) >= 11 is 13.1. The van der Waals surface area contributed by atoms with Crippen LogP contribution < -0.4 is 0 Å². The van der Waals surface area contributed by atoms with Crippen molar-refractivity contribution in [2.45, 2.75) is 74.9 Å². The molecule has 4 fully saturated rings. The molecular formula is C30H27Cl2N3O4. The fourth-order valence-corrected chi connectivity index (χ4v) is 6.98. The SMILES string of the molecule is O=C(O)c1ccc2nc(C34CCC(OCc5c(-c6c(Cl)cccc6Cl)noc5C5CC5)(CC3)CC4)ncc2c1. The second-order valence-electron chi connectivity index (χ2n) is 11.3. The third-order valence-corrected chi connectivity index (χ3v) is 9.60. The third kappa shape index (κ3) is 4.31. The molecule has 8 rings (SSSR count). The lowest BCUT2D eigenvalue weighted by atomic mass is 9.58. The van der Waals surface area contributed by atoms with Crippen molar-refractivity contribution in [3.8, 4) is 11.3 Å². The zero-order valence-corrected chi connectivity index (χ0v) is 22.8. The number of halogens is 2. The molecule has 0 amide bonds. The van der Waals surface area contributed by atoms with E-state index in [0.717, 1.165) is 79.4 Å². The quantitative estimate of drug-likeness (QED) is 0.245. The van der Waals surface area contributed by atoms with Gasteiger partial charge in [-0.25, -0.2) is 14.8 Å². The molecule has 2 aromatic carbocycles. The van der Waals surface area contributed by atoms with Gasteiger partial charge in [0.1, 0.15) is 17.3 Å². The van der Waals surface area contributed by atoms with Gasteiger partial charge in [-0.1, -0.05) is 34.4 Å². The van der Waals surface area contributed by atoms with Crippen molar-refractivity contribution in [3.63, 3.8) is 0 Å². The van der Waals surface area contributed by atoms with Gasteiger partial charge in [0.15, 0.2) is 0 Å². The Bertz CT molecular complexity index is 1570. The van der Waals surface area contributed by atoms with E-state index in [4.69, 9.17) is 42.4 Å². The Morgan fingerprint density at radius 2 is 1.77 bits per heavy atom. The van der Waals surface area contributed by atoms with Gasteiger partial charge in [0.2, 0.25) is 0 Å². The van der Waals surface area contributed by atoms with Crippen molar-refractivity contribution in [1.29, 1.82) is 0 Å². The van der Waals surface area contributed by atoms with Crippen LogP contribution in [0.4, 0.5) is 0 Å². The Labute approximate surface area is 235 Å². The molecule has 200 valence electrons. The number of rotatable bonds is 7. The zero-order valence-electron chi connectivity index (χ0n) is 21.3. The topological polar surface area (TPSA) is 98.3 Å². The number of hydrogen-bond acceptors (Lipinski definition) is 6. The second kappa shape index (κ2) is 9.29. The summed E-state index contributed by atoms with van der Waals surface area (Å²) in [4.78, 5) is 20.9. The first-order valence-corrected chi connectivity index (χ1v) is 14.2. The number of carboxylic acid groups (broad SMARTS) is 1. The molecular weight excluding hydrogens is 537 g/mol. The highest BCUT2D eigenvalue weighted by atomic mass is 35.5. The van der Waals surface area contributed by atoms with Crippen LogP contribution in [0.15, 0.2) is 47.1 Å². The van der Waals surface area contributed by atoms with Gasteiger partial charge in [0, 0.05) is 34.0 Å². The van der Waals surface area contributed by atoms with E-state index in [0.29, 0.717) is 33.8 Å². The molecule has 0 radical (unpaired) electrons. The minimum Gasteiger partial charge on any atom is -0.478 e. The summed E-state index contributed by atoms with van der Waals surface area (Å²) in [5.41, 5.74) is 3.09. The molecule has 0 aliphatic heterocycles. The normalized spacial score (nSPS) is 24.4.